The lowest BCUT2D eigenvalue weighted by molar-refractivity contribution is -0.870. The Morgan fingerprint density at radius 2 is 2.06 bits per heavy atom. The molecule has 4 nitrogen and oxygen atoms in total. The van der Waals surface area contributed by atoms with Crippen molar-refractivity contribution in [3.05, 3.63) is 24.3 Å². The Morgan fingerprint density at radius 1 is 1.35 bits per heavy atom. The first-order valence-electron chi connectivity index (χ1n) is 5.68. The molecule has 1 aromatic rings. The summed E-state index contributed by atoms with van der Waals surface area (Å²) in [5.41, 5.74) is 0.764. The average Bonchev–Trinajstić information content (AvgIpc) is 2.15. The first kappa shape index (κ1) is 13.5. The lowest BCUT2D eigenvalue weighted by Gasteiger charge is -2.23. The standard InChI is InChI=1S/C13H20N2O2/c1-11(16)14-12-6-5-7-13(10-12)17-9-8-15(2,3)4/h5-7,10H,8-9H2,1-4H3/p+1. The topological polar surface area (TPSA) is 38.3 Å². The monoisotopic (exact) mass is 237 g/mol. The molecule has 0 aliphatic rings. The molecular weight excluding hydrogens is 216 g/mol. The van der Waals surface area contributed by atoms with Crippen LogP contribution in [-0.4, -0.2) is 44.7 Å². The zero-order chi connectivity index (χ0) is 12.9. The molecule has 0 fully saturated rings. The third kappa shape index (κ3) is 5.92. The number of ether oxygens (including phenoxy) is 1. The number of hydrogen-bond acceptors (Lipinski definition) is 2. The van der Waals surface area contributed by atoms with Gasteiger partial charge in [0.15, 0.2) is 0 Å². The maximum atomic E-state index is 10.9. The van der Waals surface area contributed by atoms with Crippen LogP contribution in [0, 0.1) is 0 Å². The minimum atomic E-state index is -0.0755. The number of nitrogens with zero attached hydrogens (tertiary/aromatic N) is 1. The average molecular weight is 237 g/mol. The third-order valence-corrected chi connectivity index (χ3v) is 2.19. The van der Waals surface area contributed by atoms with Gasteiger partial charge in [-0.2, -0.15) is 0 Å². The Hall–Kier alpha value is -1.55. The van der Waals surface area contributed by atoms with Crippen molar-refractivity contribution in [2.45, 2.75) is 6.92 Å². The number of hydrogen-bond donors (Lipinski definition) is 1. The van der Waals surface area contributed by atoms with E-state index < -0.39 is 0 Å². The van der Waals surface area contributed by atoms with Crippen molar-refractivity contribution in [2.24, 2.45) is 0 Å². The third-order valence-electron chi connectivity index (χ3n) is 2.19. The van der Waals surface area contributed by atoms with Crippen LogP contribution in [0.1, 0.15) is 6.92 Å². The first-order valence-corrected chi connectivity index (χ1v) is 5.68. The second-order valence-electron chi connectivity index (χ2n) is 5.07. The summed E-state index contributed by atoms with van der Waals surface area (Å²) in [6.45, 7) is 3.09. The van der Waals surface area contributed by atoms with Gasteiger partial charge in [0.05, 0.1) is 21.1 Å². The number of quaternary nitrogens is 1. The van der Waals surface area contributed by atoms with E-state index in [0.29, 0.717) is 6.61 Å². The Morgan fingerprint density at radius 3 is 2.65 bits per heavy atom. The lowest BCUT2D eigenvalue weighted by Crippen LogP contribution is -2.38. The van der Waals surface area contributed by atoms with Crippen molar-refractivity contribution in [1.29, 1.82) is 0 Å². The van der Waals surface area contributed by atoms with Crippen LogP contribution < -0.4 is 10.1 Å². The Balaban J connectivity index is 2.51. The smallest absolute Gasteiger partial charge is 0.221 e. The summed E-state index contributed by atoms with van der Waals surface area (Å²) in [6, 6.07) is 7.43. The molecular formula is C13H21N2O2+. The number of carbonyl (C=O) groups is 1. The number of carbonyl (C=O) groups excluding carboxylic acids is 1. The molecule has 0 aliphatic carbocycles. The lowest BCUT2D eigenvalue weighted by atomic mass is 10.3. The van der Waals surface area contributed by atoms with Crippen LogP contribution >= 0.6 is 0 Å². The van der Waals surface area contributed by atoms with Gasteiger partial charge in [-0.25, -0.2) is 0 Å². The number of nitrogens with one attached hydrogen (secondary N) is 1. The maximum absolute atomic E-state index is 10.9. The van der Waals surface area contributed by atoms with Gasteiger partial charge in [-0.15, -0.1) is 0 Å². The Labute approximate surface area is 103 Å². The van der Waals surface area contributed by atoms with E-state index >= 15 is 0 Å². The van der Waals surface area contributed by atoms with Crippen LogP contribution in [0.2, 0.25) is 0 Å². The molecule has 0 atom stereocenters. The van der Waals surface area contributed by atoms with Gasteiger partial charge in [0.1, 0.15) is 18.9 Å². The molecule has 0 spiro atoms. The predicted octanol–water partition coefficient (Wildman–Crippen LogP) is 1.73. The highest BCUT2D eigenvalue weighted by molar-refractivity contribution is 5.88. The summed E-state index contributed by atoms with van der Waals surface area (Å²) >= 11 is 0. The van der Waals surface area contributed by atoms with E-state index in [4.69, 9.17) is 4.74 Å². The highest BCUT2D eigenvalue weighted by atomic mass is 16.5. The highest BCUT2D eigenvalue weighted by Gasteiger charge is 2.06. The summed E-state index contributed by atoms with van der Waals surface area (Å²) < 4.78 is 6.50. The number of benzene rings is 1. The van der Waals surface area contributed by atoms with Gasteiger partial charge in [0, 0.05) is 18.7 Å². The van der Waals surface area contributed by atoms with Crippen molar-refractivity contribution in [1.82, 2.24) is 0 Å². The molecule has 17 heavy (non-hydrogen) atoms. The molecule has 0 saturated heterocycles. The van der Waals surface area contributed by atoms with E-state index in [1.807, 2.05) is 24.3 Å². The van der Waals surface area contributed by atoms with Gasteiger partial charge < -0.3 is 14.5 Å². The van der Waals surface area contributed by atoms with E-state index in [-0.39, 0.29) is 5.91 Å². The van der Waals surface area contributed by atoms with Crippen molar-refractivity contribution >= 4 is 11.6 Å². The van der Waals surface area contributed by atoms with Gasteiger partial charge in [-0.1, -0.05) is 6.07 Å². The van der Waals surface area contributed by atoms with E-state index in [1.165, 1.54) is 6.92 Å². The van der Waals surface area contributed by atoms with Crippen LogP contribution in [0.5, 0.6) is 5.75 Å². The maximum Gasteiger partial charge on any atom is 0.221 e. The summed E-state index contributed by atoms with van der Waals surface area (Å²) in [7, 11) is 6.37. The summed E-state index contributed by atoms with van der Waals surface area (Å²) in [5, 5.41) is 2.73. The first-order chi connectivity index (χ1) is 7.87. The van der Waals surface area contributed by atoms with E-state index in [2.05, 4.69) is 26.5 Å². The molecule has 0 saturated carbocycles. The normalized spacial score (nSPS) is 11.1. The Kier molecular flexibility index (Phi) is 4.52. The van der Waals surface area contributed by atoms with Crippen LogP contribution in [0.4, 0.5) is 5.69 Å². The van der Waals surface area contributed by atoms with Crippen LogP contribution in [0.25, 0.3) is 0 Å². The van der Waals surface area contributed by atoms with E-state index in [1.54, 1.807) is 0 Å². The van der Waals surface area contributed by atoms with Crippen molar-refractivity contribution in [3.63, 3.8) is 0 Å². The summed E-state index contributed by atoms with van der Waals surface area (Å²) in [5.74, 6) is 0.707. The van der Waals surface area contributed by atoms with Gasteiger partial charge in [0.2, 0.25) is 5.91 Å². The summed E-state index contributed by atoms with van der Waals surface area (Å²) in [4.78, 5) is 10.9. The second kappa shape index (κ2) is 5.68. The molecule has 1 aromatic carbocycles. The second-order valence-corrected chi connectivity index (χ2v) is 5.07. The number of anilines is 1. The molecule has 0 unspecified atom stereocenters. The molecule has 0 heterocycles. The molecule has 0 aromatic heterocycles. The molecule has 1 N–H and O–H groups in total. The molecule has 0 aliphatic heterocycles. The van der Waals surface area contributed by atoms with Gasteiger partial charge in [-0.3, -0.25) is 4.79 Å². The summed E-state index contributed by atoms with van der Waals surface area (Å²) in [6.07, 6.45) is 0. The van der Waals surface area contributed by atoms with Gasteiger partial charge in [0.25, 0.3) is 0 Å². The molecule has 4 heteroatoms. The fraction of sp³-hybridized carbons (Fsp3) is 0.462. The zero-order valence-electron chi connectivity index (χ0n) is 11.0. The van der Waals surface area contributed by atoms with Crippen molar-refractivity contribution in [3.8, 4) is 5.75 Å². The highest BCUT2D eigenvalue weighted by Crippen LogP contribution is 2.17. The zero-order valence-corrected chi connectivity index (χ0v) is 11.0. The fourth-order valence-corrected chi connectivity index (χ4v) is 1.30. The molecule has 0 radical (unpaired) electrons. The van der Waals surface area contributed by atoms with Gasteiger partial charge in [-0.05, 0) is 12.1 Å². The number of rotatable bonds is 5. The van der Waals surface area contributed by atoms with Crippen LogP contribution in [0.15, 0.2) is 24.3 Å². The molecule has 1 rings (SSSR count). The Bertz CT molecular complexity index is 383. The molecule has 0 bridgehead atoms. The van der Waals surface area contributed by atoms with E-state index in [9.17, 15) is 4.79 Å². The fourth-order valence-electron chi connectivity index (χ4n) is 1.30. The number of amides is 1. The van der Waals surface area contributed by atoms with Crippen LogP contribution in [0.3, 0.4) is 0 Å². The largest absolute Gasteiger partial charge is 0.488 e. The van der Waals surface area contributed by atoms with Crippen molar-refractivity contribution < 1.29 is 14.0 Å². The van der Waals surface area contributed by atoms with Crippen LogP contribution in [-0.2, 0) is 4.79 Å². The minimum absolute atomic E-state index is 0.0755. The van der Waals surface area contributed by atoms with Gasteiger partial charge >= 0.3 is 0 Å². The number of likely N-dealkylation sites (N-methyl/N-ethyl adjacent to an activating group) is 1. The molecule has 94 valence electrons. The minimum Gasteiger partial charge on any atom is -0.488 e. The SMILES string of the molecule is CC(=O)Nc1cccc(OCC[N+](C)(C)C)c1. The quantitative estimate of drug-likeness (QED) is 0.792. The van der Waals surface area contributed by atoms with Crippen molar-refractivity contribution in [2.75, 3.05) is 39.6 Å². The molecule has 1 amide bonds. The van der Waals surface area contributed by atoms with E-state index in [0.717, 1.165) is 22.5 Å². The predicted molar refractivity (Wildman–Crippen MR) is 69.1 cm³/mol.